The van der Waals surface area contributed by atoms with Gasteiger partial charge in [-0.2, -0.15) is 10.2 Å². The summed E-state index contributed by atoms with van der Waals surface area (Å²) in [5.41, 5.74) is 2.56. The largest absolute Gasteiger partial charge is 0.261 e. The Hall–Kier alpha value is -2.69. The lowest BCUT2D eigenvalue weighted by Gasteiger charge is -2.16. The third-order valence-corrected chi connectivity index (χ3v) is 4.01. The Balaban J connectivity index is 0.000000225. The quantitative estimate of drug-likeness (QED) is 0.462. The molecule has 3 aromatic rings. The first-order chi connectivity index (χ1) is 13.8. The maximum absolute atomic E-state index is 4.25. The molecular weight excluding hydrogens is 370 g/mol. The average molecular weight is 408 g/mol. The molecule has 0 aliphatic heterocycles. The van der Waals surface area contributed by atoms with E-state index in [9.17, 15) is 0 Å². The number of hydrogen-bond donors (Lipinski definition) is 0. The third-order valence-electron chi connectivity index (χ3n) is 4.01. The maximum Gasteiger partial charge on any atom is 0.133 e. The molecule has 0 aliphatic carbocycles. The van der Waals surface area contributed by atoms with Crippen LogP contribution in [0.25, 0.3) is 0 Å². The van der Waals surface area contributed by atoms with Crippen LogP contribution in [0.5, 0.6) is 0 Å². The van der Waals surface area contributed by atoms with Gasteiger partial charge in [-0.05, 0) is 30.3 Å². The molecule has 0 radical (unpaired) electrons. The highest BCUT2D eigenvalue weighted by Gasteiger charge is 2.15. The Labute approximate surface area is 182 Å². The van der Waals surface area contributed by atoms with Crippen LogP contribution in [0, 0.1) is 0 Å². The molecule has 0 saturated heterocycles. The van der Waals surface area contributed by atoms with Gasteiger partial charge >= 0.3 is 0 Å². The van der Waals surface area contributed by atoms with Crippen molar-refractivity contribution < 1.29 is 0 Å². The standard InChI is InChI=1S/C9H13N.2C8H12N2/c1-9(2,3)8-6-4-5-7-10-8;1-8(2,3)7-9-5-4-6-10-7;1-8(2,3)7-5-4-6-9-10-7/h4-7H,1-3H3;2*4-6H,1-3H3. The van der Waals surface area contributed by atoms with Gasteiger partial charge in [0.05, 0.1) is 5.69 Å². The van der Waals surface area contributed by atoms with E-state index in [0.29, 0.717) is 0 Å². The second kappa shape index (κ2) is 10.9. The third kappa shape index (κ3) is 9.68. The summed E-state index contributed by atoms with van der Waals surface area (Å²) in [6, 6.07) is 11.7. The van der Waals surface area contributed by atoms with Crippen molar-refractivity contribution in [2.75, 3.05) is 0 Å². The van der Waals surface area contributed by atoms with Crippen molar-refractivity contribution in [2.45, 2.75) is 78.6 Å². The maximum atomic E-state index is 4.25. The average Bonchev–Trinajstić information content (AvgIpc) is 2.69. The number of aromatic nitrogens is 5. The lowest BCUT2D eigenvalue weighted by Crippen LogP contribution is -2.14. The molecule has 0 aromatic carbocycles. The first kappa shape index (κ1) is 25.3. The van der Waals surface area contributed by atoms with Crippen molar-refractivity contribution in [3.05, 3.63) is 78.4 Å². The summed E-state index contributed by atoms with van der Waals surface area (Å²) in [5.74, 6) is 0.898. The van der Waals surface area contributed by atoms with Crippen molar-refractivity contribution in [1.29, 1.82) is 0 Å². The summed E-state index contributed by atoms with van der Waals surface area (Å²) in [7, 11) is 0. The molecule has 3 rings (SSSR count). The van der Waals surface area contributed by atoms with Gasteiger partial charge in [0.2, 0.25) is 0 Å². The molecule has 0 atom stereocenters. The van der Waals surface area contributed by atoms with Crippen molar-refractivity contribution in [2.24, 2.45) is 0 Å². The van der Waals surface area contributed by atoms with E-state index in [-0.39, 0.29) is 16.2 Å². The molecule has 0 N–H and O–H groups in total. The van der Waals surface area contributed by atoms with Gasteiger partial charge in [0.25, 0.3) is 0 Å². The molecule has 0 saturated carbocycles. The fourth-order valence-corrected chi connectivity index (χ4v) is 2.19. The Morgan fingerprint density at radius 1 is 0.500 bits per heavy atom. The number of nitrogens with zero attached hydrogens (tertiary/aromatic N) is 5. The van der Waals surface area contributed by atoms with Crippen molar-refractivity contribution in [3.8, 4) is 0 Å². The zero-order valence-corrected chi connectivity index (χ0v) is 20.0. The number of rotatable bonds is 0. The predicted molar refractivity (Wildman–Crippen MR) is 124 cm³/mol. The van der Waals surface area contributed by atoms with E-state index in [2.05, 4.69) is 93.5 Å². The summed E-state index contributed by atoms with van der Waals surface area (Å²) in [4.78, 5) is 12.5. The minimum Gasteiger partial charge on any atom is -0.261 e. The van der Waals surface area contributed by atoms with Crippen LogP contribution in [0.4, 0.5) is 0 Å². The van der Waals surface area contributed by atoms with Gasteiger partial charge in [0, 0.05) is 46.7 Å². The zero-order chi connectivity index (χ0) is 22.8. The van der Waals surface area contributed by atoms with E-state index in [1.165, 1.54) is 0 Å². The SMILES string of the molecule is CC(C)(C)c1ccccn1.CC(C)(C)c1cccnn1.CC(C)(C)c1ncccn1. The Morgan fingerprint density at radius 2 is 1.03 bits per heavy atom. The van der Waals surface area contributed by atoms with E-state index < -0.39 is 0 Å². The summed E-state index contributed by atoms with van der Waals surface area (Å²) in [5, 5.41) is 7.80. The van der Waals surface area contributed by atoms with Crippen LogP contribution in [-0.4, -0.2) is 25.1 Å². The normalized spacial score (nSPS) is 11.5. The van der Waals surface area contributed by atoms with Gasteiger partial charge < -0.3 is 0 Å². The van der Waals surface area contributed by atoms with Crippen LogP contribution in [-0.2, 0) is 16.2 Å². The van der Waals surface area contributed by atoms with Crippen LogP contribution in [0.15, 0.2) is 61.2 Å². The van der Waals surface area contributed by atoms with Gasteiger partial charge in [-0.1, -0.05) is 68.4 Å². The Bertz CT molecular complexity index is 710. The molecule has 162 valence electrons. The summed E-state index contributed by atoms with van der Waals surface area (Å²) < 4.78 is 0. The van der Waals surface area contributed by atoms with Gasteiger partial charge in [-0.3, -0.25) is 4.98 Å². The Morgan fingerprint density at radius 3 is 1.33 bits per heavy atom. The number of pyridine rings is 1. The zero-order valence-electron chi connectivity index (χ0n) is 20.0. The summed E-state index contributed by atoms with van der Waals surface area (Å²) in [6.45, 7) is 19.2. The van der Waals surface area contributed by atoms with E-state index in [1.54, 1.807) is 18.6 Å². The molecule has 0 fully saturated rings. The van der Waals surface area contributed by atoms with Crippen LogP contribution in [0.2, 0.25) is 0 Å². The smallest absolute Gasteiger partial charge is 0.133 e. The lowest BCUT2D eigenvalue weighted by atomic mass is 9.92. The Kier molecular flexibility index (Phi) is 9.22. The van der Waals surface area contributed by atoms with E-state index in [4.69, 9.17) is 0 Å². The minimum absolute atomic E-state index is 0.0707. The monoisotopic (exact) mass is 407 g/mol. The van der Waals surface area contributed by atoms with E-state index >= 15 is 0 Å². The fraction of sp³-hybridized carbons (Fsp3) is 0.480. The van der Waals surface area contributed by atoms with Crippen LogP contribution < -0.4 is 0 Å². The highest BCUT2D eigenvalue weighted by Crippen LogP contribution is 2.19. The molecule has 5 nitrogen and oxygen atoms in total. The van der Waals surface area contributed by atoms with Crippen molar-refractivity contribution in [3.63, 3.8) is 0 Å². The van der Waals surface area contributed by atoms with Gasteiger partial charge in [0.1, 0.15) is 5.82 Å². The highest BCUT2D eigenvalue weighted by atomic mass is 15.1. The van der Waals surface area contributed by atoms with Gasteiger partial charge in [-0.15, -0.1) is 0 Å². The molecule has 5 heteroatoms. The molecule has 0 spiro atoms. The summed E-state index contributed by atoms with van der Waals surface area (Å²) >= 11 is 0. The first-order valence-corrected chi connectivity index (χ1v) is 10.3. The van der Waals surface area contributed by atoms with Crippen LogP contribution >= 0.6 is 0 Å². The second-order valence-electron chi connectivity index (χ2n) is 10.1. The summed E-state index contributed by atoms with van der Waals surface area (Å²) in [6.07, 6.45) is 7.07. The van der Waals surface area contributed by atoms with E-state index in [1.807, 2.05) is 36.5 Å². The molecule has 0 unspecified atom stereocenters. The number of hydrogen-bond acceptors (Lipinski definition) is 5. The molecule has 0 aliphatic rings. The van der Waals surface area contributed by atoms with Crippen LogP contribution in [0.3, 0.4) is 0 Å². The molecule has 3 aromatic heterocycles. The first-order valence-electron chi connectivity index (χ1n) is 10.3. The fourth-order valence-electron chi connectivity index (χ4n) is 2.19. The topological polar surface area (TPSA) is 64.5 Å². The second-order valence-corrected chi connectivity index (χ2v) is 10.1. The molecule has 3 heterocycles. The molecule has 0 amide bonds. The lowest BCUT2D eigenvalue weighted by molar-refractivity contribution is 0.545. The van der Waals surface area contributed by atoms with Crippen LogP contribution in [0.1, 0.15) is 79.5 Å². The van der Waals surface area contributed by atoms with E-state index in [0.717, 1.165) is 17.2 Å². The molecular formula is C25H37N5. The highest BCUT2D eigenvalue weighted by molar-refractivity contribution is 5.12. The minimum atomic E-state index is 0.0707. The van der Waals surface area contributed by atoms with Crippen molar-refractivity contribution >= 4 is 0 Å². The molecule has 30 heavy (non-hydrogen) atoms. The van der Waals surface area contributed by atoms with Gasteiger partial charge in [-0.25, -0.2) is 9.97 Å². The van der Waals surface area contributed by atoms with Crippen molar-refractivity contribution in [1.82, 2.24) is 25.1 Å². The van der Waals surface area contributed by atoms with Gasteiger partial charge in [0.15, 0.2) is 0 Å². The predicted octanol–water partition coefficient (Wildman–Crippen LogP) is 5.93. The molecule has 0 bridgehead atoms.